The zero-order valence-corrected chi connectivity index (χ0v) is 9.35. The van der Waals surface area contributed by atoms with Crippen LogP contribution in [0.15, 0.2) is 48.5 Å². The minimum Gasteiger partial charge on any atom is -0.399 e. The fourth-order valence-corrected chi connectivity index (χ4v) is 1.58. The summed E-state index contributed by atoms with van der Waals surface area (Å²) in [7, 11) is 0. The molecule has 2 aromatic carbocycles. The van der Waals surface area contributed by atoms with Gasteiger partial charge in [-0.05, 0) is 35.9 Å². The van der Waals surface area contributed by atoms with Crippen molar-refractivity contribution in [1.29, 1.82) is 5.26 Å². The van der Waals surface area contributed by atoms with E-state index in [0.717, 1.165) is 22.6 Å². The Balaban J connectivity index is 2.11. The van der Waals surface area contributed by atoms with Crippen molar-refractivity contribution < 1.29 is 0 Å². The number of nitriles is 1. The number of hydrogen-bond donors (Lipinski definition) is 2. The summed E-state index contributed by atoms with van der Waals surface area (Å²) in [6.07, 6.45) is 0.443. The van der Waals surface area contributed by atoms with Gasteiger partial charge >= 0.3 is 0 Å². The van der Waals surface area contributed by atoms with Crippen molar-refractivity contribution in [1.82, 2.24) is 0 Å². The molecule has 0 spiro atoms. The first-order chi connectivity index (χ1) is 8.28. The Morgan fingerprint density at radius 1 is 1.06 bits per heavy atom. The Kier molecular flexibility index (Phi) is 3.27. The maximum absolute atomic E-state index is 8.58. The molecule has 0 aliphatic carbocycles. The fraction of sp³-hybridized carbons (Fsp3) is 0.0714. The first-order valence-electron chi connectivity index (χ1n) is 5.36. The van der Waals surface area contributed by atoms with E-state index in [1.165, 1.54) is 0 Å². The molecule has 0 amide bonds. The van der Waals surface area contributed by atoms with E-state index in [4.69, 9.17) is 11.0 Å². The molecule has 2 aromatic rings. The zero-order chi connectivity index (χ0) is 12.1. The molecule has 3 heteroatoms. The molecule has 3 N–H and O–H groups in total. The number of hydrogen-bond acceptors (Lipinski definition) is 3. The van der Waals surface area contributed by atoms with E-state index < -0.39 is 0 Å². The molecule has 0 bridgehead atoms. The van der Waals surface area contributed by atoms with Gasteiger partial charge in [-0.3, -0.25) is 0 Å². The van der Waals surface area contributed by atoms with Gasteiger partial charge in [0.15, 0.2) is 0 Å². The highest BCUT2D eigenvalue weighted by atomic mass is 14.9. The third-order valence-corrected chi connectivity index (χ3v) is 2.41. The SMILES string of the molecule is N#CCc1ccc(Nc2cccc(N)c2)cc1. The summed E-state index contributed by atoms with van der Waals surface area (Å²) >= 11 is 0. The predicted molar refractivity (Wildman–Crippen MR) is 69.9 cm³/mol. The molecule has 2 rings (SSSR count). The maximum Gasteiger partial charge on any atom is 0.0669 e. The highest BCUT2D eigenvalue weighted by Gasteiger charge is 1.96. The minimum absolute atomic E-state index is 0.443. The number of nitrogens with one attached hydrogen (secondary N) is 1. The Labute approximate surface area is 101 Å². The first-order valence-corrected chi connectivity index (χ1v) is 5.36. The maximum atomic E-state index is 8.58. The average molecular weight is 223 g/mol. The third kappa shape index (κ3) is 2.99. The van der Waals surface area contributed by atoms with Gasteiger partial charge in [0.1, 0.15) is 0 Å². The molecular formula is C14H13N3. The third-order valence-electron chi connectivity index (χ3n) is 2.41. The van der Waals surface area contributed by atoms with Crippen LogP contribution in [0.4, 0.5) is 17.1 Å². The normalized spacial score (nSPS) is 9.59. The van der Waals surface area contributed by atoms with Crippen LogP contribution < -0.4 is 11.1 Å². The van der Waals surface area contributed by atoms with Crippen LogP contribution in [0, 0.1) is 11.3 Å². The second-order valence-corrected chi connectivity index (χ2v) is 3.78. The number of nitrogen functional groups attached to an aromatic ring is 1. The number of anilines is 3. The van der Waals surface area contributed by atoms with Crippen LogP contribution in [0.2, 0.25) is 0 Å². The van der Waals surface area contributed by atoms with Gasteiger partial charge in [-0.1, -0.05) is 18.2 Å². The van der Waals surface area contributed by atoms with Gasteiger partial charge < -0.3 is 11.1 Å². The quantitative estimate of drug-likeness (QED) is 0.786. The summed E-state index contributed by atoms with van der Waals surface area (Å²) in [5.41, 5.74) is 9.39. The molecule has 0 unspecified atom stereocenters. The molecule has 0 fully saturated rings. The summed E-state index contributed by atoms with van der Waals surface area (Å²) in [6, 6.07) is 17.5. The smallest absolute Gasteiger partial charge is 0.0669 e. The summed E-state index contributed by atoms with van der Waals surface area (Å²) in [5.74, 6) is 0. The van der Waals surface area contributed by atoms with E-state index in [2.05, 4.69) is 11.4 Å². The van der Waals surface area contributed by atoms with Gasteiger partial charge in [-0.25, -0.2) is 0 Å². The Morgan fingerprint density at radius 2 is 1.82 bits per heavy atom. The van der Waals surface area contributed by atoms with Crippen molar-refractivity contribution >= 4 is 17.1 Å². The van der Waals surface area contributed by atoms with Crippen LogP contribution in [0.5, 0.6) is 0 Å². The standard InChI is InChI=1S/C14H13N3/c15-9-8-11-4-6-13(7-5-11)17-14-3-1-2-12(16)10-14/h1-7,10,17H,8,16H2. The van der Waals surface area contributed by atoms with Crippen LogP contribution in [0.25, 0.3) is 0 Å². The van der Waals surface area contributed by atoms with E-state index in [9.17, 15) is 0 Å². The van der Waals surface area contributed by atoms with Crippen molar-refractivity contribution in [3.63, 3.8) is 0 Å². The summed E-state index contributed by atoms with van der Waals surface area (Å²) in [6.45, 7) is 0. The minimum atomic E-state index is 0.443. The van der Waals surface area contributed by atoms with Crippen molar-refractivity contribution in [3.05, 3.63) is 54.1 Å². The molecule has 0 aliphatic heterocycles. The van der Waals surface area contributed by atoms with Crippen LogP contribution in [0.1, 0.15) is 5.56 Å². The second kappa shape index (κ2) is 5.04. The first kappa shape index (κ1) is 11.0. The number of rotatable bonds is 3. The van der Waals surface area contributed by atoms with Crippen LogP contribution in [-0.4, -0.2) is 0 Å². The van der Waals surface area contributed by atoms with Gasteiger partial charge in [0.25, 0.3) is 0 Å². The van der Waals surface area contributed by atoms with Crippen molar-refractivity contribution in [2.75, 3.05) is 11.1 Å². The molecule has 0 radical (unpaired) electrons. The van der Waals surface area contributed by atoms with Gasteiger partial charge in [-0.2, -0.15) is 5.26 Å². The highest BCUT2D eigenvalue weighted by Crippen LogP contribution is 2.19. The topological polar surface area (TPSA) is 61.8 Å². The molecule has 84 valence electrons. The van der Waals surface area contributed by atoms with Crippen molar-refractivity contribution in [2.45, 2.75) is 6.42 Å². The van der Waals surface area contributed by atoms with Crippen LogP contribution in [0.3, 0.4) is 0 Å². The Bertz CT molecular complexity index is 538. The Morgan fingerprint density at radius 3 is 2.47 bits per heavy atom. The number of nitrogens with zero attached hydrogens (tertiary/aromatic N) is 1. The lowest BCUT2D eigenvalue weighted by Gasteiger charge is -2.07. The van der Waals surface area contributed by atoms with Gasteiger partial charge in [0, 0.05) is 17.1 Å². The van der Waals surface area contributed by atoms with Crippen molar-refractivity contribution in [3.8, 4) is 6.07 Å². The van der Waals surface area contributed by atoms with Gasteiger partial charge in [-0.15, -0.1) is 0 Å². The predicted octanol–water partition coefficient (Wildman–Crippen LogP) is 3.08. The number of nitrogens with two attached hydrogens (primary N) is 1. The second-order valence-electron chi connectivity index (χ2n) is 3.78. The van der Waals surface area contributed by atoms with E-state index in [1.807, 2.05) is 48.5 Å². The fourth-order valence-electron chi connectivity index (χ4n) is 1.58. The monoisotopic (exact) mass is 223 g/mol. The van der Waals surface area contributed by atoms with Crippen LogP contribution >= 0.6 is 0 Å². The lowest BCUT2D eigenvalue weighted by atomic mass is 10.1. The summed E-state index contributed by atoms with van der Waals surface area (Å²) in [4.78, 5) is 0. The molecule has 0 atom stereocenters. The van der Waals surface area contributed by atoms with E-state index in [0.29, 0.717) is 6.42 Å². The largest absolute Gasteiger partial charge is 0.399 e. The molecule has 0 heterocycles. The Hall–Kier alpha value is -2.47. The van der Waals surface area contributed by atoms with Crippen molar-refractivity contribution in [2.24, 2.45) is 0 Å². The molecule has 17 heavy (non-hydrogen) atoms. The van der Waals surface area contributed by atoms with E-state index in [1.54, 1.807) is 0 Å². The lowest BCUT2D eigenvalue weighted by Crippen LogP contribution is -1.92. The van der Waals surface area contributed by atoms with Gasteiger partial charge in [0.2, 0.25) is 0 Å². The molecule has 0 saturated heterocycles. The molecule has 0 aliphatic rings. The summed E-state index contributed by atoms with van der Waals surface area (Å²) in [5, 5.41) is 11.8. The average Bonchev–Trinajstić information content (AvgIpc) is 2.32. The highest BCUT2D eigenvalue weighted by molar-refractivity contribution is 5.63. The molecular weight excluding hydrogens is 210 g/mol. The zero-order valence-electron chi connectivity index (χ0n) is 9.35. The molecule has 0 aromatic heterocycles. The lowest BCUT2D eigenvalue weighted by molar-refractivity contribution is 1.26. The van der Waals surface area contributed by atoms with Gasteiger partial charge in [0.05, 0.1) is 12.5 Å². The van der Waals surface area contributed by atoms with E-state index >= 15 is 0 Å². The summed E-state index contributed by atoms with van der Waals surface area (Å²) < 4.78 is 0. The van der Waals surface area contributed by atoms with E-state index in [-0.39, 0.29) is 0 Å². The number of benzene rings is 2. The molecule has 0 saturated carbocycles. The molecule has 3 nitrogen and oxygen atoms in total. The van der Waals surface area contributed by atoms with Crippen LogP contribution in [-0.2, 0) is 6.42 Å².